The molecule has 2 aliphatic carbocycles. The molecule has 2 aromatic rings. The molecule has 32 heavy (non-hydrogen) atoms. The lowest BCUT2D eigenvalue weighted by Crippen LogP contribution is -2.66. The standard InChI is InChI=1S/C25H29F3N2O2/c1-23-9-5-6-10-24(23)11-12-30(2)22(23)14-16-13-19(20(31)15-17(16)24)29-18-7-3-4-8-21(18)32-25(26,27)28/h3-4,7-8,13,15,22,29,31H,5-6,9-12,14H2,1-2H3/t22-,23+,24+/m0/s1. The number of hydrogen-bond donors (Lipinski definition) is 2. The van der Waals surface area contributed by atoms with Crippen LogP contribution in [0, 0.1) is 5.41 Å². The number of fused-ring (bicyclic) bond motifs is 1. The van der Waals surface area contributed by atoms with Crippen LogP contribution in [0.3, 0.4) is 0 Å². The summed E-state index contributed by atoms with van der Waals surface area (Å²) in [6, 6.07) is 10.1. The fraction of sp³-hybridized carbons (Fsp3) is 0.520. The van der Waals surface area contributed by atoms with Gasteiger partial charge in [0.1, 0.15) is 5.75 Å². The third-order valence-corrected chi connectivity index (χ3v) is 8.33. The third kappa shape index (κ3) is 3.24. The normalized spacial score (nSPS) is 29.7. The highest BCUT2D eigenvalue weighted by Crippen LogP contribution is 2.63. The third-order valence-electron chi connectivity index (χ3n) is 8.33. The van der Waals surface area contributed by atoms with Crippen LogP contribution in [0.5, 0.6) is 11.5 Å². The quantitative estimate of drug-likeness (QED) is 0.558. The van der Waals surface area contributed by atoms with Crippen LogP contribution in [0.4, 0.5) is 24.5 Å². The van der Waals surface area contributed by atoms with E-state index in [0.717, 1.165) is 25.8 Å². The average molecular weight is 447 g/mol. The first-order valence-corrected chi connectivity index (χ1v) is 11.3. The molecule has 2 aromatic carbocycles. The summed E-state index contributed by atoms with van der Waals surface area (Å²) in [5, 5.41) is 13.9. The summed E-state index contributed by atoms with van der Waals surface area (Å²) >= 11 is 0. The van der Waals surface area contributed by atoms with E-state index in [4.69, 9.17) is 0 Å². The molecule has 1 saturated carbocycles. The molecule has 1 aliphatic heterocycles. The predicted octanol–water partition coefficient (Wildman–Crippen LogP) is 6.11. The van der Waals surface area contributed by atoms with Crippen LogP contribution in [0.15, 0.2) is 36.4 Å². The van der Waals surface area contributed by atoms with Gasteiger partial charge in [0, 0.05) is 11.5 Å². The number of nitrogens with zero attached hydrogens (tertiary/aromatic N) is 1. The van der Waals surface area contributed by atoms with Crippen LogP contribution >= 0.6 is 0 Å². The number of likely N-dealkylation sites (N-methyl/N-ethyl adjacent to an activating group) is 1. The molecule has 172 valence electrons. The number of phenols is 1. The molecule has 2 bridgehead atoms. The van der Waals surface area contributed by atoms with Gasteiger partial charge in [-0.3, -0.25) is 0 Å². The molecule has 0 spiro atoms. The SMILES string of the molecule is CN1CC[C@@]23CCCC[C@]2(C)[C@@H]1Cc1cc(Nc2ccccc2OC(F)(F)F)c(O)cc13. The lowest BCUT2D eigenvalue weighted by Gasteiger charge is -2.65. The van der Waals surface area contributed by atoms with Crippen molar-refractivity contribution in [1.82, 2.24) is 4.90 Å². The Morgan fingerprint density at radius 3 is 2.62 bits per heavy atom. The summed E-state index contributed by atoms with van der Waals surface area (Å²) in [6.07, 6.45) is 1.88. The maximum atomic E-state index is 12.8. The van der Waals surface area contributed by atoms with Gasteiger partial charge in [0.05, 0.1) is 11.4 Å². The smallest absolute Gasteiger partial charge is 0.506 e. The molecule has 0 aromatic heterocycles. The van der Waals surface area contributed by atoms with E-state index in [9.17, 15) is 18.3 Å². The van der Waals surface area contributed by atoms with E-state index in [2.05, 4.69) is 28.9 Å². The molecule has 2 N–H and O–H groups in total. The number of hydrogen-bond acceptors (Lipinski definition) is 4. The van der Waals surface area contributed by atoms with Crippen molar-refractivity contribution < 1.29 is 23.0 Å². The monoisotopic (exact) mass is 446 g/mol. The molecule has 1 saturated heterocycles. The molecule has 3 aliphatic rings. The fourth-order valence-electron chi connectivity index (χ4n) is 6.79. The molecule has 0 radical (unpaired) electrons. The number of ether oxygens (including phenoxy) is 1. The van der Waals surface area contributed by atoms with Crippen LogP contribution in [-0.4, -0.2) is 36.0 Å². The zero-order chi connectivity index (χ0) is 22.7. The van der Waals surface area contributed by atoms with Gasteiger partial charge in [0.15, 0.2) is 5.75 Å². The number of alkyl halides is 3. The van der Waals surface area contributed by atoms with Crippen molar-refractivity contribution in [3.8, 4) is 11.5 Å². The molecule has 4 nitrogen and oxygen atoms in total. The van der Waals surface area contributed by atoms with Crippen LogP contribution < -0.4 is 10.1 Å². The minimum atomic E-state index is -4.79. The van der Waals surface area contributed by atoms with Gasteiger partial charge in [0.25, 0.3) is 0 Å². The predicted molar refractivity (Wildman–Crippen MR) is 118 cm³/mol. The molecule has 0 amide bonds. The zero-order valence-corrected chi connectivity index (χ0v) is 18.4. The van der Waals surface area contributed by atoms with E-state index in [0.29, 0.717) is 11.7 Å². The maximum Gasteiger partial charge on any atom is 0.573 e. The molecule has 5 rings (SSSR count). The Kier molecular flexibility index (Phi) is 4.89. The Balaban J connectivity index is 1.55. The van der Waals surface area contributed by atoms with Crippen LogP contribution in [0.2, 0.25) is 0 Å². The highest BCUT2D eigenvalue weighted by atomic mass is 19.4. The number of halogens is 3. The van der Waals surface area contributed by atoms with E-state index in [-0.39, 0.29) is 28.0 Å². The van der Waals surface area contributed by atoms with Gasteiger partial charge in [-0.25, -0.2) is 0 Å². The maximum absolute atomic E-state index is 12.8. The van der Waals surface area contributed by atoms with Gasteiger partial charge in [-0.2, -0.15) is 0 Å². The zero-order valence-electron chi connectivity index (χ0n) is 18.4. The highest BCUT2D eigenvalue weighted by Gasteiger charge is 2.60. The average Bonchev–Trinajstić information content (AvgIpc) is 2.72. The second kappa shape index (κ2) is 7.30. The number of anilines is 2. The van der Waals surface area contributed by atoms with Gasteiger partial charge in [-0.15, -0.1) is 13.2 Å². The molecule has 0 unspecified atom stereocenters. The molecule has 2 fully saturated rings. The number of likely N-dealkylation sites (tertiary alicyclic amines) is 1. The number of aromatic hydroxyl groups is 1. The first-order chi connectivity index (χ1) is 15.1. The summed E-state index contributed by atoms with van der Waals surface area (Å²) in [7, 11) is 2.20. The van der Waals surface area contributed by atoms with Crippen LogP contribution in [0.1, 0.15) is 50.2 Å². The van der Waals surface area contributed by atoms with Gasteiger partial charge >= 0.3 is 6.36 Å². The van der Waals surface area contributed by atoms with E-state index in [1.807, 2.05) is 12.1 Å². The second-order valence-electron chi connectivity index (χ2n) is 9.85. The highest BCUT2D eigenvalue weighted by molar-refractivity contribution is 5.72. The Morgan fingerprint density at radius 1 is 1.09 bits per heavy atom. The Morgan fingerprint density at radius 2 is 1.84 bits per heavy atom. The molecule has 1 heterocycles. The summed E-state index contributed by atoms with van der Waals surface area (Å²) in [4.78, 5) is 2.47. The lowest BCUT2D eigenvalue weighted by atomic mass is 9.45. The number of benzene rings is 2. The van der Waals surface area contributed by atoms with Crippen molar-refractivity contribution in [1.29, 1.82) is 0 Å². The summed E-state index contributed by atoms with van der Waals surface area (Å²) in [5.41, 5.74) is 3.18. The largest absolute Gasteiger partial charge is 0.573 e. The molecule has 7 heteroatoms. The summed E-state index contributed by atoms with van der Waals surface area (Å²) in [5.74, 6) is -0.266. The number of piperidine rings is 1. The van der Waals surface area contributed by atoms with E-state index >= 15 is 0 Å². The van der Waals surface area contributed by atoms with Crippen molar-refractivity contribution >= 4 is 11.4 Å². The Hall–Kier alpha value is -2.41. The summed E-state index contributed by atoms with van der Waals surface area (Å²) < 4.78 is 42.6. The lowest BCUT2D eigenvalue weighted by molar-refractivity contribution is -0.274. The van der Waals surface area contributed by atoms with Crippen LogP contribution in [0.25, 0.3) is 0 Å². The van der Waals surface area contributed by atoms with Gasteiger partial charge < -0.3 is 20.1 Å². The fourth-order valence-corrected chi connectivity index (χ4v) is 6.79. The molecule has 3 atom stereocenters. The minimum absolute atomic E-state index is 0.0450. The van der Waals surface area contributed by atoms with Gasteiger partial charge in [0.2, 0.25) is 0 Å². The molecular weight excluding hydrogens is 417 g/mol. The molecular formula is C25H29F3N2O2. The number of para-hydroxylation sites is 2. The van der Waals surface area contributed by atoms with Crippen molar-refractivity contribution in [2.75, 3.05) is 18.9 Å². The van der Waals surface area contributed by atoms with Gasteiger partial charge in [-0.05, 0) is 80.1 Å². The van der Waals surface area contributed by atoms with Gasteiger partial charge in [-0.1, -0.05) is 31.9 Å². The number of nitrogens with one attached hydrogen (secondary N) is 1. The van der Waals surface area contributed by atoms with E-state index < -0.39 is 6.36 Å². The minimum Gasteiger partial charge on any atom is -0.506 e. The van der Waals surface area contributed by atoms with Crippen molar-refractivity contribution in [2.45, 2.75) is 63.3 Å². The summed E-state index contributed by atoms with van der Waals surface area (Å²) in [6.45, 7) is 3.46. The first kappa shape index (κ1) is 21.4. The number of rotatable bonds is 3. The number of phenolic OH excluding ortho intramolecular Hbond substituents is 1. The van der Waals surface area contributed by atoms with E-state index in [1.54, 1.807) is 6.07 Å². The van der Waals surface area contributed by atoms with Crippen molar-refractivity contribution in [3.63, 3.8) is 0 Å². The second-order valence-corrected chi connectivity index (χ2v) is 9.85. The van der Waals surface area contributed by atoms with Crippen LogP contribution in [-0.2, 0) is 11.8 Å². The Labute approximate surface area is 186 Å². The van der Waals surface area contributed by atoms with Crippen molar-refractivity contribution in [3.05, 3.63) is 47.5 Å². The first-order valence-electron chi connectivity index (χ1n) is 11.3. The van der Waals surface area contributed by atoms with E-state index in [1.165, 1.54) is 48.6 Å². The van der Waals surface area contributed by atoms with Crippen molar-refractivity contribution in [2.24, 2.45) is 5.41 Å². The topological polar surface area (TPSA) is 44.7 Å². The Bertz CT molecular complexity index is 1040.